The number of aromatic nitrogens is 1. The van der Waals surface area contributed by atoms with Crippen LogP contribution in [0.2, 0.25) is 0 Å². The highest BCUT2D eigenvalue weighted by molar-refractivity contribution is 7.80. The molecular formula is C29H27N5O4S. The molecule has 39 heavy (non-hydrogen) atoms. The van der Waals surface area contributed by atoms with Gasteiger partial charge in [-0.05, 0) is 66.7 Å². The van der Waals surface area contributed by atoms with Crippen LogP contribution >= 0.6 is 12.2 Å². The van der Waals surface area contributed by atoms with Crippen molar-refractivity contribution < 1.29 is 14.1 Å². The molecule has 5 rings (SSSR count). The SMILES string of the molecule is CCc1ccccc1NC(=O)CCN1C(=S)N[C@H](c2ccccn2)[C@H]1c1ccc(-c2ccc([N+](=O)[O-])cc2)o1. The first kappa shape index (κ1) is 26.1. The van der Waals surface area contributed by atoms with Crippen molar-refractivity contribution in [2.45, 2.75) is 31.8 Å². The van der Waals surface area contributed by atoms with Crippen molar-refractivity contribution in [2.24, 2.45) is 0 Å². The zero-order valence-corrected chi connectivity index (χ0v) is 22.1. The number of non-ortho nitro benzene ring substituents is 1. The number of pyridine rings is 1. The molecule has 2 aromatic heterocycles. The summed E-state index contributed by atoms with van der Waals surface area (Å²) in [5.41, 5.74) is 3.41. The topological polar surface area (TPSA) is 114 Å². The van der Waals surface area contributed by atoms with Crippen LogP contribution in [0.5, 0.6) is 0 Å². The van der Waals surface area contributed by atoms with Gasteiger partial charge >= 0.3 is 0 Å². The number of amides is 1. The summed E-state index contributed by atoms with van der Waals surface area (Å²) < 4.78 is 6.28. The number of anilines is 1. The molecule has 0 unspecified atom stereocenters. The summed E-state index contributed by atoms with van der Waals surface area (Å²) in [4.78, 5) is 30.0. The van der Waals surface area contributed by atoms with Crippen LogP contribution in [0.3, 0.4) is 0 Å². The normalized spacial score (nSPS) is 16.6. The lowest BCUT2D eigenvalue weighted by Crippen LogP contribution is -2.32. The molecule has 2 N–H and O–H groups in total. The maximum Gasteiger partial charge on any atom is 0.269 e. The van der Waals surface area contributed by atoms with Gasteiger partial charge in [0.25, 0.3) is 5.69 Å². The second kappa shape index (κ2) is 11.4. The smallest absolute Gasteiger partial charge is 0.269 e. The minimum atomic E-state index is -0.436. The zero-order valence-electron chi connectivity index (χ0n) is 21.2. The first-order valence-corrected chi connectivity index (χ1v) is 13.1. The van der Waals surface area contributed by atoms with Gasteiger partial charge in [-0.25, -0.2) is 0 Å². The fourth-order valence-electron chi connectivity index (χ4n) is 4.75. The maximum atomic E-state index is 12.9. The molecule has 0 radical (unpaired) electrons. The van der Waals surface area contributed by atoms with E-state index in [0.29, 0.717) is 23.2 Å². The van der Waals surface area contributed by atoms with Crippen molar-refractivity contribution in [3.63, 3.8) is 0 Å². The lowest BCUT2D eigenvalue weighted by atomic mass is 10.0. The van der Waals surface area contributed by atoms with Gasteiger partial charge in [-0.3, -0.25) is 19.9 Å². The van der Waals surface area contributed by atoms with E-state index < -0.39 is 4.92 Å². The molecule has 1 amide bonds. The minimum absolute atomic E-state index is 0.0112. The van der Waals surface area contributed by atoms with Crippen LogP contribution in [-0.2, 0) is 11.2 Å². The molecule has 2 atom stereocenters. The number of nitro groups is 1. The number of nitro benzene ring substituents is 1. The highest BCUT2D eigenvalue weighted by atomic mass is 32.1. The number of nitrogens with zero attached hydrogens (tertiary/aromatic N) is 3. The Hall–Kier alpha value is -4.57. The molecule has 1 aliphatic rings. The van der Waals surface area contributed by atoms with Gasteiger partial charge in [-0.2, -0.15) is 0 Å². The summed E-state index contributed by atoms with van der Waals surface area (Å²) in [7, 11) is 0. The Morgan fingerprint density at radius 2 is 1.87 bits per heavy atom. The average molecular weight is 542 g/mol. The van der Waals surface area contributed by atoms with Crippen LogP contribution in [0, 0.1) is 10.1 Å². The summed E-state index contributed by atoms with van der Waals surface area (Å²) in [5.74, 6) is 1.11. The summed E-state index contributed by atoms with van der Waals surface area (Å²) in [6.07, 6.45) is 2.77. The van der Waals surface area contributed by atoms with Crippen molar-refractivity contribution >= 4 is 34.6 Å². The molecule has 0 spiro atoms. The maximum absolute atomic E-state index is 12.9. The number of aryl methyl sites for hydroxylation is 1. The number of thiocarbonyl (C=S) groups is 1. The summed E-state index contributed by atoms with van der Waals surface area (Å²) in [6, 6.07) is 22.7. The number of benzene rings is 2. The number of hydrogen-bond donors (Lipinski definition) is 2. The van der Waals surface area contributed by atoms with Gasteiger partial charge in [0, 0.05) is 42.5 Å². The van der Waals surface area contributed by atoms with E-state index in [9.17, 15) is 14.9 Å². The fourth-order valence-corrected chi connectivity index (χ4v) is 5.09. The van der Waals surface area contributed by atoms with E-state index in [2.05, 4.69) is 22.5 Å². The van der Waals surface area contributed by atoms with Crippen molar-refractivity contribution in [3.05, 3.63) is 112 Å². The van der Waals surface area contributed by atoms with Crippen LogP contribution in [0.1, 0.15) is 42.4 Å². The van der Waals surface area contributed by atoms with E-state index >= 15 is 0 Å². The molecule has 3 heterocycles. The standard InChI is InChI=1S/C29H27N5O4S/c1-2-19-7-3-4-8-22(19)31-26(35)16-18-33-28(27(32-29(33)39)23-9-5-6-17-30-23)25-15-14-24(38-25)20-10-12-21(13-11-20)34(36)37/h3-15,17,27-28H,2,16,18H2,1H3,(H,31,35)(H,32,39)/t27-,28-/m1/s1. The Kier molecular flexibility index (Phi) is 7.64. The molecule has 2 aromatic carbocycles. The van der Waals surface area contributed by atoms with E-state index in [-0.39, 0.29) is 30.1 Å². The van der Waals surface area contributed by atoms with Crippen LogP contribution < -0.4 is 10.6 Å². The Labute approximate surface area is 231 Å². The Bertz CT molecular complexity index is 1490. The molecule has 4 aromatic rings. The zero-order chi connectivity index (χ0) is 27.4. The molecule has 9 nitrogen and oxygen atoms in total. The van der Waals surface area contributed by atoms with Crippen molar-refractivity contribution in [2.75, 3.05) is 11.9 Å². The van der Waals surface area contributed by atoms with Crippen LogP contribution in [0.15, 0.2) is 89.5 Å². The molecule has 0 aliphatic carbocycles. The third-order valence-electron chi connectivity index (χ3n) is 6.73. The molecule has 1 saturated heterocycles. The Morgan fingerprint density at radius 1 is 1.10 bits per heavy atom. The molecule has 198 valence electrons. The third kappa shape index (κ3) is 5.65. The first-order chi connectivity index (χ1) is 18.9. The first-order valence-electron chi connectivity index (χ1n) is 12.6. The summed E-state index contributed by atoms with van der Waals surface area (Å²) >= 11 is 5.70. The minimum Gasteiger partial charge on any atom is -0.459 e. The van der Waals surface area contributed by atoms with Gasteiger partial charge in [-0.15, -0.1) is 0 Å². The average Bonchev–Trinajstić information content (AvgIpc) is 3.57. The number of carbonyl (C=O) groups is 1. The van der Waals surface area contributed by atoms with Crippen LogP contribution in [0.25, 0.3) is 11.3 Å². The van der Waals surface area contributed by atoms with E-state index in [1.54, 1.807) is 18.3 Å². The Balaban J connectivity index is 1.39. The number of rotatable bonds is 9. The van der Waals surface area contributed by atoms with Crippen molar-refractivity contribution in [1.82, 2.24) is 15.2 Å². The lowest BCUT2D eigenvalue weighted by Gasteiger charge is -2.26. The van der Waals surface area contributed by atoms with E-state index in [1.165, 1.54) is 12.1 Å². The summed E-state index contributed by atoms with van der Waals surface area (Å²) in [6.45, 7) is 2.42. The van der Waals surface area contributed by atoms with Gasteiger partial charge in [0.05, 0.1) is 16.7 Å². The van der Waals surface area contributed by atoms with E-state index in [4.69, 9.17) is 16.6 Å². The number of furan rings is 1. The number of nitrogens with one attached hydrogen (secondary N) is 2. The van der Waals surface area contributed by atoms with Crippen LogP contribution in [0.4, 0.5) is 11.4 Å². The fraction of sp³-hybridized carbons (Fsp3) is 0.207. The largest absolute Gasteiger partial charge is 0.459 e. The highest BCUT2D eigenvalue weighted by Gasteiger charge is 2.41. The van der Waals surface area contributed by atoms with Crippen LogP contribution in [-0.4, -0.2) is 32.4 Å². The highest BCUT2D eigenvalue weighted by Crippen LogP contribution is 2.40. The van der Waals surface area contributed by atoms with Gasteiger partial charge < -0.3 is 20.0 Å². The molecule has 1 fully saturated rings. The van der Waals surface area contributed by atoms with Crippen molar-refractivity contribution in [3.8, 4) is 11.3 Å². The van der Waals surface area contributed by atoms with Gasteiger partial charge in [0.2, 0.25) is 5.91 Å². The molecule has 1 aliphatic heterocycles. The quantitative estimate of drug-likeness (QED) is 0.155. The molecule has 0 bridgehead atoms. The number of carbonyl (C=O) groups excluding carboxylic acids is 1. The van der Waals surface area contributed by atoms with E-state index in [1.807, 2.05) is 59.5 Å². The Morgan fingerprint density at radius 3 is 2.59 bits per heavy atom. The molecule has 10 heteroatoms. The van der Waals surface area contributed by atoms with Gasteiger partial charge in [0.15, 0.2) is 5.11 Å². The predicted octanol–water partition coefficient (Wildman–Crippen LogP) is 5.81. The second-order valence-electron chi connectivity index (χ2n) is 9.13. The monoisotopic (exact) mass is 541 g/mol. The number of hydrogen-bond acceptors (Lipinski definition) is 6. The number of para-hydroxylation sites is 1. The third-order valence-corrected chi connectivity index (χ3v) is 7.08. The second-order valence-corrected chi connectivity index (χ2v) is 9.52. The lowest BCUT2D eigenvalue weighted by molar-refractivity contribution is -0.384. The van der Waals surface area contributed by atoms with Crippen molar-refractivity contribution in [1.29, 1.82) is 0 Å². The molecular weight excluding hydrogens is 514 g/mol. The van der Waals surface area contributed by atoms with Gasteiger partial charge in [0.1, 0.15) is 17.6 Å². The van der Waals surface area contributed by atoms with Gasteiger partial charge in [-0.1, -0.05) is 31.2 Å². The summed E-state index contributed by atoms with van der Waals surface area (Å²) in [5, 5.41) is 17.9. The molecule has 0 saturated carbocycles. The predicted molar refractivity (Wildman–Crippen MR) is 152 cm³/mol. The van der Waals surface area contributed by atoms with E-state index in [0.717, 1.165) is 28.9 Å².